The Morgan fingerprint density at radius 3 is 2.65 bits per heavy atom. The van der Waals surface area contributed by atoms with Gasteiger partial charge in [0, 0.05) is 32.6 Å². The molecule has 0 saturated carbocycles. The first-order chi connectivity index (χ1) is 12.7. The summed E-state index contributed by atoms with van der Waals surface area (Å²) in [7, 11) is 0. The molecule has 142 valence electrons. The Bertz CT molecular complexity index is 680. The van der Waals surface area contributed by atoms with Crippen LogP contribution in [0.15, 0.2) is 28.8 Å². The van der Waals surface area contributed by atoms with Crippen LogP contribution in [0.25, 0.3) is 0 Å². The molecule has 0 radical (unpaired) electrons. The van der Waals surface area contributed by atoms with Gasteiger partial charge < -0.3 is 14.2 Å². The van der Waals surface area contributed by atoms with Crippen LogP contribution in [0, 0.1) is 0 Å². The Morgan fingerprint density at radius 1 is 1.15 bits per heavy atom. The van der Waals surface area contributed by atoms with E-state index >= 15 is 0 Å². The topological polar surface area (TPSA) is 54.6 Å². The maximum absolute atomic E-state index is 5.78. The largest absolute Gasteiger partial charge is 0.492 e. The highest BCUT2D eigenvalue weighted by atomic mass is 16.5. The molecule has 0 aliphatic carbocycles. The minimum Gasteiger partial charge on any atom is -0.492 e. The fraction of sp³-hybridized carbons (Fsp3) is 0.600. The molecule has 26 heavy (non-hydrogen) atoms. The number of aryl methyl sites for hydroxylation is 1. The summed E-state index contributed by atoms with van der Waals surface area (Å²) in [5, 5.41) is 4.12. The third-order valence-corrected chi connectivity index (χ3v) is 4.96. The molecule has 6 heteroatoms. The molecule has 1 aromatic heterocycles. The fourth-order valence-corrected chi connectivity index (χ4v) is 3.38. The second-order valence-electron chi connectivity index (χ2n) is 6.75. The van der Waals surface area contributed by atoms with E-state index in [1.165, 1.54) is 5.69 Å². The highest BCUT2D eigenvalue weighted by Gasteiger charge is 2.26. The van der Waals surface area contributed by atoms with Crippen molar-refractivity contribution in [2.75, 3.05) is 37.7 Å². The average Bonchev–Trinajstić information content (AvgIpc) is 3.16. The third kappa shape index (κ3) is 4.36. The summed E-state index contributed by atoms with van der Waals surface area (Å²) in [6, 6.07) is 8.44. The van der Waals surface area contributed by atoms with Gasteiger partial charge in [0.25, 0.3) is 0 Å². The summed E-state index contributed by atoms with van der Waals surface area (Å²) in [6.07, 6.45) is 3.14. The van der Waals surface area contributed by atoms with E-state index in [0.717, 1.165) is 62.9 Å². The Labute approximate surface area is 156 Å². The number of hydrogen-bond donors (Lipinski definition) is 0. The zero-order valence-corrected chi connectivity index (χ0v) is 16.1. The van der Waals surface area contributed by atoms with Crippen molar-refractivity contribution in [2.24, 2.45) is 0 Å². The summed E-state index contributed by atoms with van der Waals surface area (Å²) in [4.78, 5) is 9.40. The smallest absolute Gasteiger partial charge is 0.243 e. The molecule has 1 atom stereocenters. The first-order valence-electron chi connectivity index (χ1n) is 9.76. The van der Waals surface area contributed by atoms with Gasteiger partial charge >= 0.3 is 0 Å². The molecule has 0 N–H and O–H groups in total. The molecule has 1 unspecified atom stereocenters. The standard InChI is InChI=1S/C20H30N4O2/c1-4-6-11-19-21-20(26-22-19)16(3)23-12-14-24(15-13-23)17-9-7-8-10-18(17)25-5-2/h7-10,16H,4-6,11-15H2,1-3H3. The van der Waals surface area contributed by atoms with Gasteiger partial charge in [0.05, 0.1) is 18.3 Å². The predicted molar refractivity (Wildman–Crippen MR) is 103 cm³/mol. The molecule has 0 bridgehead atoms. The highest BCUT2D eigenvalue weighted by Crippen LogP contribution is 2.30. The van der Waals surface area contributed by atoms with E-state index in [1.54, 1.807) is 0 Å². The number of ether oxygens (including phenoxy) is 1. The van der Waals surface area contributed by atoms with Gasteiger partial charge in [-0.3, -0.25) is 4.90 Å². The molecule has 1 aromatic carbocycles. The van der Waals surface area contributed by atoms with Gasteiger partial charge in [0.2, 0.25) is 5.89 Å². The summed E-state index contributed by atoms with van der Waals surface area (Å²) in [6.45, 7) is 10.9. The van der Waals surface area contributed by atoms with Gasteiger partial charge in [-0.1, -0.05) is 30.6 Å². The number of anilines is 1. The monoisotopic (exact) mass is 358 g/mol. The number of piperazine rings is 1. The van der Waals surface area contributed by atoms with E-state index in [9.17, 15) is 0 Å². The molecular formula is C20H30N4O2. The minimum atomic E-state index is 0.155. The van der Waals surface area contributed by atoms with Crippen molar-refractivity contribution >= 4 is 5.69 Å². The maximum atomic E-state index is 5.78. The molecular weight excluding hydrogens is 328 g/mol. The lowest BCUT2D eigenvalue weighted by atomic mass is 10.2. The molecule has 6 nitrogen and oxygen atoms in total. The molecule has 1 aliphatic rings. The van der Waals surface area contributed by atoms with Crippen LogP contribution in [-0.2, 0) is 6.42 Å². The molecule has 0 spiro atoms. The number of para-hydroxylation sites is 2. The zero-order valence-electron chi connectivity index (χ0n) is 16.1. The highest BCUT2D eigenvalue weighted by molar-refractivity contribution is 5.58. The number of unbranched alkanes of at least 4 members (excludes halogenated alkanes) is 1. The van der Waals surface area contributed by atoms with Crippen molar-refractivity contribution < 1.29 is 9.26 Å². The molecule has 0 amide bonds. The summed E-state index contributed by atoms with van der Waals surface area (Å²) in [5.41, 5.74) is 1.18. The Balaban J connectivity index is 1.59. The summed E-state index contributed by atoms with van der Waals surface area (Å²) in [5.74, 6) is 2.53. The normalized spacial score (nSPS) is 16.7. The number of benzene rings is 1. The van der Waals surface area contributed by atoms with Crippen LogP contribution < -0.4 is 9.64 Å². The van der Waals surface area contributed by atoms with Crippen molar-refractivity contribution in [1.29, 1.82) is 0 Å². The van der Waals surface area contributed by atoms with E-state index in [1.807, 2.05) is 19.1 Å². The molecule has 1 saturated heterocycles. The molecule has 1 aliphatic heterocycles. The quantitative estimate of drug-likeness (QED) is 0.717. The third-order valence-electron chi connectivity index (χ3n) is 4.96. The van der Waals surface area contributed by atoms with Crippen molar-refractivity contribution in [3.05, 3.63) is 36.0 Å². The van der Waals surface area contributed by atoms with Crippen LogP contribution in [-0.4, -0.2) is 47.8 Å². The first kappa shape index (κ1) is 18.7. The molecule has 1 fully saturated rings. The Morgan fingerprint density at radius 2 is 1.92 bits per heavy atom. The van der Waals surface area contributed by atoms with Crippen LogP contribution in [0.1, 0.15) is 51.4 Å². The van der Waals surface area contributed by atoms with Crippen LogP contribution in [0.3, 0.4) is 0 Å². The van der Waals surface area contributed by atoms with Crippen LogP contribution >= 0.6 is 0 Å². The van der Waals surface area contributed by atoms with E-state index in [2.05, 4.69) is 45.9 Å². The summed E-state index contributed by atoms with van der Waals surface area (Å²) >= 11 is 0. The number of hydrogen-bond acceptors (Lipinski definition) is 6. The Kier molecular flexibility index (Phi) is 6.50. The lowest BCUT2D eigenvalue weighted by Crippen LogP contribution is -2.47. The van der Waals surface area contributed by atoms with Gasteiger partial charge in [-0.15, -0.1) is 0 Å². The minimum absolute atomic E-state index is 0.155. The lowest BCUT2D eigenvalue weighted by Gasteiger charge is -2.38. The average molecular weight is 358 g/mol. The van der Waals surface area contributed by atoms with Gasteiger partial charge in [-0.05, 0) is 32.4 Å². The Hall–Kier alpha value is -2.08. The zero-order chi connectivity index (χ0) is 18.4. The van der Waals surface area contributed by atoms with Gasteiger partial charge in [-0.2, -0.15) is 4.98 Å². The van der Waals surface area contributed by atoms with Crippen LogP contribution in [0.2, 0.25) is 0 Å². The van der Waals surface area contributed by atoms with Crippen molar-refractivity contribution in [2.45, 2.75) is 46.1 Å². The van der Waals surface area contributed by atoms with E-state index < -0.39 is 0 Å². The van der Waals surface area contributed by atoms with E-state index in [0.29, 0.717) is 6.61 Å². The first-order valence-corrected chi connectivity index (χ1v) is 9.76. The second-order valence-corrected chi connectivity index (χ2v) is 6.75. The number of aromatic nitrogens is 2. The molecule has 3 rings (SSSR count). The summed E-state index contributed by atoms with van der Waals surface area (Å²) < 4.78 is 11.3. The lowest BCUT2D eigenvalue weighted by molar-refractivity contribution is 0.164. The van der Waals surface area contributed by atoms with E-state index in [-0.39, 0.29) is 6.04 Å². The van der Waals surface area contributed by atoms with Crippen LogP contribution in [0.5, 0.6) is 5.75 Å². The number of nitrogens with zero attached hydrogens (tertiary/aromatic N) is 4. The van der Waals surface area contributed by atoms with Gasteiger partial charge in [0.15, 0.2) is 5.82 Å². The van der Waals surface area contributed by atoms with Crippen molar-refractivity contribution in [3.8, 4) is 5.75 Å². The van der Waals surface area contributed by atoms with Crippen molar-refractivity contribution in [3.63, 3.8) is 0 Å². The maximum Gasteiger partial charge on any atom is 0.243 e. The predicted octanol–water partition coefficient (Wildman–Crippen LogP) is 3.69. The van der Waals surface area contributed by atoms with Crippen LogP contribution in [0.4, 0.5) is 5.69 Å². The second kappa shape index (κ2) is 9.03. The van der Waals surface area contributed by atoms with Gasteiger partial charge in [0.1, 0.15) is 5.75 Å². The van der Waals surface area contributed by atoms with Crippen molar-refractivity contribution in [1.82, 2.24) is 15.0 Å². The van der Waals surface area contributed by atoms with Gasteiger partial charge in [-0.25, -0.2) is 0 Å². The SMILES string of the molecule is CCCCc1noc(C(C)N2CCN(c3ccccc3OCC)CC2)n1. The van der Waals surface area contributed by atoms with E-state index in [4.69, 9.17) is 9.26 Å². The molecule has 2 heterocycles. The molecule has 2 aromatic rings. The number of rotatable bonds is 8. The fourth-order valence-electron chi connectivity index (χ4n) is 3.38.